The Labute approximate surface area is 256 Å². The average molecular weight is 620 g/mol. The van der Waals surface area contributed by atoms with E-state index in [0.29, 0.717) is 27.8 Å². The second-order valence-corrected chi connectivity index (χ2v) is 11.1. The van der Waals surface area contributed by atoms with Gasteiger partial charge < -0.3 is 15.0 Å². The molecule has 3 aromatic carbocycles. The Hall–Kier alpha value is -4.83. The molecule has 1 fully saturated rings. The van der Waals surface area contributed by atoms with E-state index in [9.17, 15) is 23.2 Å². The number of thioether (sulfide) groups is 1. The second-order valence-electron chi connectivity index (χ2n) is 10.0. The van der Waals surface area contributed by atoms with Crippen molar-refractivity contribution in [2.75, 3.05) is 23.7 Å². The topological polar surface area (TPSA) is 108 Å². The fourth-order valence-corrected chi connectivity index (χ4v) is 5.77. The molecule has 1 atom stereocenters. The van der Waals surface area contributed by atoms with Gasteiger partial charge in [-0.25, -0.2) is 14.5 Å². The van der Waals surface area contributed by atoms with Crippen molar-refractivity contribution in [3.05, 3.63) is 89.7 Å². The number of nitrogens with one attached hydrogen (secondary N) is 1. The van der Waals surface area contributed by atoms with E-state index in [-0.39, 0.29) is 12.3 Å². The number of aryl methyl sites for hydroxylation is 2. The summed E-state index contributed by atoms with van der Waals surface area (Å²) >= 11 is 1.54. The van der Waals surface area contributed by atoms with E-state index in [1.165, 1.54) is 35.3 Å². The van der Waals surface area contributed by atoms with Gasteiger partial charge in [0.25, 0.3) is 0 Å². The fraction of sp³-hybridized carbons (Fsp3) is 0.258. The zero-order valence-electron chi connectivity index (χ0n) is 23.9. The number of hydrogen-bond donors (Lipinski definition) is 1. The van der Waals surface area contributed by atoms with E-state index >= 15 is 0 Å². The first-order valence-corrected chi connectivity index (χ1v) is 14.7. The Bertz CT molecular complexity index is 1680. The monoisotopic (exact) mass is 619 g/mol. The molecule has 4 aromatic rings. The maximum Gasteiger partial charge on any atom is 0.573 e. The van der Waals surface area contributed by atoms with Crippen LogP contribution in [0.25, 0.3) is 17.1 Å². The number of aromatic nitrogens is 3. The van der Waals surface area contributed by atoms with Crippen LogP contribution in [0.5, 0.6) is 5.75 Å². The van der Waals surface area contributed by atoms with E-state index in [0.717, 1.165) is 35.5 Å². The number of anilines is 1. The first-order valence-electron chi connectivity index (χ1n) is 13.7. The van der Waals surface area contributed by atoms with Crippen LogP contribution in [0.15, 0.2) is 78.0 Å². The molecule has 0 spiro atoms. The lowest BCUT2D eigenvalue weighted by Gasteiger charge is -2.31. The van der Waals surface area contributed by atoms with Crippen molar-refractivity contribution in [3.63, 3.8) is 0 Å². The summed E-state index contributed by atoms with van der Waals surface area (Å²) in [4.78, 5) is 23.6. The first-order chi connectivity index (χ1) is 21.1. The lowest BCUT2D eigenvalue weighted by atomic mass is 9.99. The summed E-state index contributed by atoms with van der Waals surface area (Å²) in [6, 6.07) is 20.2. The van der Waals surface area contributed by atoms with Crippen LogP contribution >= 0.6 is 11.8 Å². The Morgan fingerprint density at radius 2 is 1.82 bits per heavy atom. The van der Waals surface area contributed by atoms with Crippen LogP contribution in [0, 0.1) is 25.2 Å². The molecule has 9 nitrogen and oxygen atoms in total. The third-order valence-corrected chi connectivity index (χ3v) is 7.97. The highest BCUT2D eigenvalue weighted by atomic mass is 32.2. The standard InChI is InChI=1S/C31H28F3N7O2S/c1-20-5-3-6-21(2)27(20)40-15-4-16-44-30(40)38-29(42)36-18-24(17-35)22-7-9-23(10-8-22)28-37-19-41(39-28)25-11-13-26(14-12-25)43-31(32,33)34/h3,5-14,19,24H,4,15-16,18H2,1-2H3,(H,36,42). The molecule has 5 rings (SSSR count). The average Bonchev–Trinajstić information content (AvgIpc) is 3.49. The predicted octanol–water partition coefficient (Wildman–Crippen LogP) is 6.77. The van der Waals surface area contributed by atoms with Gasteiger partial charge in [0.15, 0.2) is 11.0 Å². The number of ether oxygens (including phenoxy) is 1. The molecule has 0 aliphatic carbocycles. The minimum atomic E-state index is -4.77. The van der Waals surface area contributed by atoms with E-state index in [1.807, 2.05) is 32.0 Å². The van der Waals surface area contributed by atoms with E-state index < -0.39 is 18.3 Å². The smallest absolute Gasteiger partial charge is 0.406 e. The maximum atomic E-state index is 12.8. The molecule has 1 unspecified atom stereocenters. The lowest BCUT2D eigenvalue weighted by Crippen LogP contribution is -2.37. The van der Waals surface area contributed by atoms with Crippen LogP contribution in [0.4, 0.5) is 23.7 Å². The molecular formula is C31H28F3N7O2S. The molecule has 1 aromatic heterocycles. The van der Waals surface area contributed by atoms with E-state index in [2.05, 4.69) is 36.1 Å². The lowest BCUT2D eigenvalue weighted by molar-refractivity contribution is -0.274. The van der Waals surface area contributed by atoms with Crippen molar-refractivity contribution in [1.29, 1.82) is 5.26 Å². The normalized spacial score (nSPS) is 15.1. The second kappa shape index (κ2) is 13.2. The third-order valence-electron chi connectivity index (χ3n) is 6.91. The Morgan fingerprint density at radius 1 is 1.11 bits per heavy atom. The predicted molar refractivity (Wildman–Crippen MR) is 163 cm³/mol. The number of hydrogen-bond acceptors (Lipinski definition) is 6. The molecular weight excluding hydrogens is 591 g/mol. The number of amidine groups is 1. The van der Waals surface area contributed by atoms with E-state index in [1.54, 1.807) is 36.0 Å². The number of carbonyl (C=O) groups excluding carboxylic acids is 1. The van der Waals surface area contributed by atoms with Gasteiger partial charge in [0.05, 0.1) is 17.7 Å². The molecule has 1 aliphatic rings. The molecule has 0 radical (unpaired) electrons. The van der Waals surface area contributed by atoms with Gasteiger partial charge in [-0.1, -0.05) is 54.2 Å². The summed E-state index contributed by atoms with van der Waals surface area (Å²) in [7, 11) is 0. The number of nitriles is 1. The van der Waals surface area contributed by atoms with Gasteiger partial charge in [0, 0.05) is 30.1 Å². The molecule has 44 heavy (non-hydrogen) atoms. The number of halogens is 3. The van der Waals surface area contributed by atoms with Gasteiger partial charge in [-0.05, 0) is 61.2 Å². The number of para-hydroxylation sites is 1. The molecule has 2 amide bonds. The summed E-state index contributed by atoms with van der Waals surface area (Å²) in [5, 5.41) is 17.6. The zero-order chi connectivity index (χ0) is 31.3. The quantitative estimate of drug-likeness (QED) is 0.243. The molecule has 13 heteroatoms. The van der Waals surface area contributed by atoms with Crippen LogP contribution in [0.1, 0.15) is 29.0 Å². The maximum absolute atomic E-state index is 12.8. The molecule has 226 valence electrons. The Kier molecular flexibility index (Phi) is 9.20. The summed E-state index contributed by atoms with van der Waals surface area (Å²) in [5.74, 6) is 0.324. The van der Waals surface area contributed by atoms with Crippen molar-refractivity contribution in [2.24, 2.45) is 4.99 Å². The highest BCUT2D eigenvalue weighted by Crippen LogP contribution is 2.31. The van der Waals surface area contributed by atoms with Crippen molar-refractivity contribution < 1.29 is 22.7 Å². The first kappa shape index (κ1) is 30.6. The number of rotatable bonds is 7. The molecule has 1 N–H and O–H groups in total. The third kappa shape index (κ3) is 7.38. The molecule has 2 heterocycles. The zero-order valence-corrected chi connectivity index (χ0v) is 24.7. The van der Waals surface area contributed by atoms with Crippen molar-refractivity contribution in [1.82, 2.24) is 20.1 Å². The minimum Gasteiger partial charge on any atom is -0.406 e. The Balaban J connectivity index is 1.22. The summed E-state index contributed by atoms with van der Waals surface area (Å²) in [6.07, 6.45) is -2.34. The summed E-state index contributed by atoms with van der Waals surface area (Å²) in [5.41, 5.74) is 5.18. The molecule has 1 aliphatic heterocycles. The number of nitrogens with zero attached hydrogens (tertiary/aromatic N) is 6. The van der Waals surface area contributed by atoms with Gasteiger partial charge in [0.2, 0.25) is 0 Å². The summed E-state index contributed by atoms with van der Waals surface area (Å²) in [6.45, 7) is 4.94. The molecule has 0 saturated carbocycles. The number of urea groups is 1. The van der Waals surface area contributed by atoms with Gasteiger partial charge >= 0.3 is 12.4 Å². The van der Waals surface area contributed by atoms with Crippen molar-refractivity contribution >= 4 is 28.6 Å². The number of aliphatic imine (C=N–C) groups is 1. The van der Waals surface area contributed by atoms with Crippen LogP contribution in [0.2, 0.25) is 0 Å². The van der Waals surface area contributed by atoms with Gasteiger partial charge in [-0.15, -0.1) is 18.3 Å². The van der Waals surface area contributed by atoms with Gasteiger partial charge in [0.1, 0.15) is 12.1 Å². The largest absolute Gasteiger partial charge is 0.573 e. The van der Waals surface area contributed by atoms with Crippen LogP contribution in [-0.2, 0) is 0 Å². The van der Waals surface area contributed by atoms with Crippen LogP contribution in [-0.4, -0.2) is 51.2 Å². The summed E-state index contributed by atoms with van der Waals surface area (Å²) < 4.78 is 42.6. The number of benzene rings is 3. The number of alkyl halides is 3. The van der Waals surface area contributed by atoms with Crippen LogP contribution < -0.4 is 15.0 Å². The minimum absolute atomic E-state index is 0.0838. The Morgan fingerprint density at radius 3 is 2.48 bits per heavy atom. The van der Waals surface area contributed by atoms with Crippen molar-refractivity contribution in [3.8, 4) is 28.9 Å². The van der Waals surface area contributed by atoms with Gasteiger partial charge in [-0.2, -0.15) is 10.3 Å². The van der Waals surface area contributed by atoms with E-state index in [4.69, 9.17) is 0 Å². The highest BCUT2D eigenvalue weighted by Gasteiger charge is 2.31. The van der Waals surface area contributed by atoms with Gasteiger partial charge in [-0.3, -0.25) is 0 Å². The van der Waals surface area contributed by atoms with Crippen molar-refractivity contribution in [2.45, 2.75) is 32.5 Å². The molecule has 1 saturated heterocycles. The number of carbonyl (C=O) groups is 1. The highest BCUT2D eigenvalue weighted by molar-refractivity contribution is 8.14. The van der Waals surface area contributed by atoms with Crippen LogP contribution in [0.3, 0.4) is 0 Å². The molecule has 0 bridgehead atoms. The number of amides is 2. The fourth-order valence-electron chi connectivity index (χ4n) is 4.83. The SMILES string of the molecule is Cc1cccc(C)c1N1CCCSC1=NC(=O)NCC(C#N)c1ccc(-c2ncn(-c3ccc(OC(F)(F)F)cc3)n2)cc1.